The summed E-state index contributed by atoms with van der Waals surface area (Å²) < 4.78 is 1.86. The second kappa shape index (κ2) is 5.57. The molecule has 1 N–H and O–H groups in total. The molecule has 5 heteroatoms. The van der Waals surface area contributed by atoms with Crippen LogP contribution in [0, 0.1) is 5.41 Å². The molecule has 0 radical (unpaired) electrons. The van der Waals surface area contributed by atoms with Crippen LogP contribution in [0.5, 0.6) is 0 Å². The van der Waals surface area contributed by atoms with Crippen molar-refractivity contribution in [3.8, 4) is 11.3 Å². The highest BCUT2D eigenvalue weighted by Crippen LogP contribution is 2.19. The Bertz CT molecular complexity index is 537. The highest BCUT2D eigenvalue weighted by atomic mass is 32.1. The maximum Gasteiger partial charge on any atom is 0.225 e. The van der Waals surface area contributed by atoms with Crippen molar-refractivity contribution in [2.24, 2.45) is 5.41 Å². The van der Waals surface area contributed by atoms with Crippen LogP contribution in [-0.2, 0) is 11.3 Å². The van der Waals surface area contributed by atoms with Crippen molar-refractivity contribution >= 4 is 17.2 Å². The summed E-state index contributed by atoms with van der Waals surface area (Å²) in [5.74, 6) is 0.0673. The molecule has 0 saturated carbocycles. The normalized spacial score (nSPS) is 11.5. The molecular formula is C14H19N3OS. The first-order valence-electron chi connectivity index (χ1n) is 6.31. The molecule has 102 valence electrons. The van der Waals surface area contributed by atoms with Gasteiger partial charge in [0.25, 0.3) is 0 Å². The average molecular weight is 277 g/mol. The van der Waals surface area contributed by atoms with E-state index in [4.69, 9.17) is 0 Å². The fourth-order valence-electron chi connectivity index (χ4n) is 1.60. The van der Waals surface area contributed by atoms with E-state index >= 15 is 0 Å². The first kappa shape index (κ1) is 13.8. The lowest BCUT2D eigenvalue weighted by molar-refractivity contribution is -0.128. The minimum absolute atomic E-state index is 0.0673. The molecule has 4 nitrogen and oxygen atoms in total. The van der Waals surface area contributed by atoms with Gasteiger partial charge in [-0.1, -0.05) is 20.8 Å². The Hall–Kier alpha value is -1.62. The van der Waals surface area contributed by atoms with Crippen LogP contribution in [0.15, 0.2) is 29.1 Å². The Morgan fingerprint density at radius 1 is 1.42 bits per heavy atom. The zero-order valence-electron chi connectivity index (χ0n) is 11.5. The average Bonchev–Trinajstić information content (AvgIpc) is 2.97. The first-order chi connectivity index (χ1) is 8.97. The van der Waals surface area contributed by atoms with Gasteiger partial charge in [0.05, 0.1) is 12.2 Å². The van der Waals surface area contributed by atoms with Crippen molar-refractivity contribution in [1.29, 1.82) is 0 Å². The van der Waals surface area contributed by atoms with Gasteiger partial charge < -0.3 is 5.32 Å². The predicted molar refractivity (Wildman–Crippen MR) is 78.0 cm³/mol. The van der Waals surface area contributed by atoms with Crippen LogP contribution in [0.2, 0.25) is 0 Å². The molecule has 0 aliphatic rings. The summed E-state index contributed by atoms with van der Waals surface area (Å²) in [5, 5.41) is 11.5. The number of nitrogens with one attached hydrogen (secondary N) is 1. The van der Waals surface area contributed by atoms with E-state index in [1.165, 1.54) is 0 Å². The molecule has 0 aliphatic carbocycles. The molecule has 0 unspecified atom stereocenters. The van der Waals surface area contributed by atoms with E-state index in [1.54, 1.807) is 11.3 Å². The maximum atomic E-state index is 11.7. The quantitative estimate of drug-likeness (QED) is 0.934. The van der Waals surface area contributed by atoms with E-state index in [2.05, 4.69) is 21.9 Å². The second-order valence-corrected chi connectivity index (χ2v) is 6.26. The molecule has 0 spiro atoms. The molecule has 1 amide bonds. The van der Waals surface area contributed by atoms with Gasteiger partial charge in [-0.3, -0.25) is 9.48 Å². The lowest BCUT2D eigenvalue weighted by Crippen LogP contribution is -2.36. The Morgan fingerprint density at radius 3 is 2.84 bits per heavy atom. The summed E-state index contributed by atoms with van der Waals surface area (Å²) in [4.78, 5) is 11.7. The van der Waals surface area contributed by atoms with Crippen LogP contribution in [0.4, 0.5) is 0 Å². The first-order valence-corrected chi connectivity index (χ1v) is 7.25. The highest BCUT2D eigenvalue weighted by Gasteiger charge is 2.20. The number of carbonyl (C=O) groups is 1. The molecule has 0 bridgehead atoms. The van der Waals surface area contributed by atoms with Gasteiger partial charge in [-0.25, -0.2) is 0 Å². The molecular weight excluding hydrogens is 258 g/mol. The third kappa shape index (κ3) is 3.67. The van der Waals surface area contributed by atoms with E-state index in [9.17, 15) is 4.79 Å². The van der Waals surface area contributed by atoms with Gasteiger partial charge in [0.2, 0.25) is 5.91 Å². The van der Waals surface area contributed by atoms with Gasteiger partial charge in [-0.2, -0.15) is 16.4 Å². The number of carbonyl (C=O) groups excluding carboxylic acids is 1. The summed E-state index contributed by atoms with van der Waals surface area (Å²) in [6.07, 6.45) is 1.94. The zero-order chi connectivity index (χ0) is 13.9. The van der Waals surface area contributed by atoms with Crippen LogP contribution in [-0.4, -0.2) is 22.2 Å². The van der Waals surface area contributed by atoms with Gasteiger partial charge in [0, 0.05) is 29.1 Å². The predicted octanol–water partition coefficient (Wildman–Crippen LogP) is 2.77. The monoisotopic (exact) mass is 277 g/mol. The molecule has 2 rings (SSSR count). The lowest BCUT2D eigenvalue weighted by atomic mass is 9.96. The largest absolute Gasteiger partial charge is 0.354 e. The Kier molecular flexibility index (Phi) is 4.04. The summed E-state index contributed by atoms with van der Waals surface area (Å²) in [7, 11) is 0. The number of aromatic nitrogens is 2. The van der Waals surface area contributed by atoms with E-state index in [1.807, 2.05) is 43.1 Å². The number of hydrogen-bond acceptors (Lipinski definition) is 3. The molecule has 2 heterocycles. The summed E-state index contributed by atoms with van der Waals surface area (Å²) in [6.45, 7) is 7.01. The Balaban J connectivity index is 1.86. The minimum atomic E-state index is -0.341. The van der Waals surface area contributed by atoms with Gasteiger partial charge in [-0.15, -0.1) is 0 Å². The van der Waals surface area contributed by atoms with E-state index in [0.717, 1.165) is 11.3 Å². The van der Waals surface area contributed by atoms with Crippen molar-refractivity contribution in [3.63, 3.8) is 0 Å². The standard InChI is InChI=1S/C14H19N3OS/c1-14(2,3)13(18)15-6-8-17-7-4-12(16-17)11-5-9-19-10-11/h4-5,7,9-10H,6,8H2,1-3H3,(H,15,18). The molecule has 0 saturated heterocycles. The van der Waals surface area contributed by atoms with E-state index < -0.39 is 0 Å². The topological polar surface area (TPSA) is 46.9 Å². The molecule has 19 heavy (non-hydrogen) atoms. The number of hydrogen-bond donors (Lipinski definition) is 1. The molecule has 2 aromatic heterocycles. The smallest absolute Gasteiger partial charge is 0.225 e. The van der Waals surface area contributed by atoms with Crippen molar-refractivity contribution in [1.82, 2.24) is 15.1 Å². The SMILES string of the molecule is CC(C)(C)C(=O)NCCn1ccc(-c2ccsc2)n1. The van der Waals surface area contributed by atoms with Crippen LogP contribution >= 0.6 is 11.3 Å². The zero-order valence-corrected chi connectivity index (χ0v) is 12.3. The van der Waals surface area contributed by atoms with Gasteiger partial charge in [0.15, 0.2) is 0 Å². The van der Waals surface area contributed by atoms with Crippen LogP contribution < -0.4 is 5.32 Å². The van der Waals surface area contributed by atoms with Gasteiger partial charge in [-0.05, 0) is 17.5 Å². The van der Waals surface area contributed by atoms with E-state index in [-0.39, 0.29) is 11.3 Å². The third-order valence-electron chi connectivity index (χ3n) is 2.77. The minimum Gasteiger partial charge on any atom is -0.354 e. The molecule has 2 aromatic rings. The summed E-state index contributed by atoms with van der Waals surface area (Å²) >= 11 is 1.66. The van der Waals surface area contributed by atoms with Gasteiger partial charge >= 0.3 is 0 Å². The Morgan fingerprint density at radius 2 is 2.21 bits per heavy atom. The molecule has 0 aromatic carbocycles. The van der Waals surface area contributed by atoms with Gasteiger partial charge in [0.1, 0.15) is 0 Å². The summed E-state index contributed by atoms with van der Waals surface area (Å²) in [5.41, 5.74) is 1.78. The van der Waals surface area contributed by atoms with Crippen molar-refractivity contribution in [2.75, 3.05) is 6.54 Å². The third-order valence-corrected chi connectivity index (χ3v) is 3.45. The number of thiophene rings is 1. The van der Waals surface area contributed by atoms with Crippen molar-refractivity contribution in [3.05, 3.63) is 29.1 Å². The summed E-state index contributed by atoms with van der Waals surface area (Å²) in [6, 6.07) is 4.05. The van der Waals surface area contributed by atoms with Crippen LogP contribution in [0.25, 0.3) is 11.3 Å². The number of amides is 1. The molecule has 0 aliphatic heterocycles. The number of nitrogens with zero attached hydrogens (tertiary/aromatic N) is 2. The highest BCUT2D eigenvalue weighted by molar-refractivity contribution is 7.08. The molecule has 0 fully saturated rings. The Labute approximate surface area is 117 Å². The lowest BCUT2D eigenvalue weighted by Gasteiger charge is -2.17. The van der Waals surface area contributed by atoms with Crippen LogP contribution in [0.1, 0.15) is 20.8 Å². The number of rotatable bonds is 4. The van der Waals surface area contributed by atoms with Crippen LogP contribution in [0.3, 0.4) is 0 Å². The fourth-order valence-corrected chi connectivity index (χ4v) is 2.25. The van der Waals surface area contributed by atoms with Crippen molar-refractivity contribution in [2.45, 2.75) is 27.3 Å². The fraction of sp³-hybridized carbons (Fsp3) is 0.429. The van der Waals surface area contributed by atoms with Crippen molar-refractivity contribution < 1.29 is 4.79 Å². The second-order valence-electron chi connectivity index (χ2n) is 5.48. The van der Waals surface area contributed by atoms with E-state index in [0.29, 0.717) is 13.1 Å². The maximum absolute atomic E-state index is 11.7. The molecule has 0 atom stereocenters.